The molecule has 0 saturated heterocycles. The fourth-order valence-corrected chi connectivity index (χ4v) is 1.46. The zero-order valence-electron chi connectivity index (χ0n) is 12.0. The Morgan fingerprint density at radius 2 is 1.80 bits per heavy atom. The molecule has 4 nitrogen and oxygen atoms in total. The van der Waals surface area contributed by atoms with E-state index >= 15 is 0 Å². The van der Waals surface area contributed by atoms with Gasteiger partial charge in [-0.1, -0.05) is 0 Å². The SMILES string of the molecule is CCNc1cc(C(F)(F)F)cc(NC(C)(C)C(C)O)n1. The molecule has 1 aromatic rings. The molecule has 0 radical (unpaired) electrons. The maximum Gasteiger partial charge on any atom is 0.416 e. The van der Waals surface area contributed by atoms with E-state index in [9.17, 15) is 18.3 Å². The Labute approximate surface area is 116 Å². The van der Waals surface area contributed by atoms with Gasteiger partial charge in [-0.3, -0.25) is 0 Å². The highest BCUT2D eigenvalue weighted by atomic mass is 19.4. The number of hydrogen-bond acceptors (Lipinski definition) is 4. The second-order valence-corrected chi connectivity index (χ2v) is 5.18. The molecule has 0 spiro atoms. The van der Waals surface area contributed by atoms with E-state index in [-0.39, 0.29) is 11.6 Å². The van der Waals surface area contributed by atoms with Crippen LogP contribution in [0.4, 0.5) is 24.8 Å². The van der Waals surface area contributed by atoms with Gasteiger partial charge in [-0.15, -0.1) is 0 Å². The summed E-state index contributed by atoms with van der Waals surface area (Å²) >= 11 is 0. The molecule has 0 saturated carbocycles. The van der Waals surface area contributed by atoms with E-state index < -0.39 is 23.4 Å². The van der Waals surface area contributed by atoms with Crippen molar-refractivity contribution < 1.29 is 18.3 Å². The van der Waals surface area contributed by atoms with Crippen molar-refractivity contribution in [3.8, 4) is 0 Å². The zero-order valence-corrected chi connectivity index (χ0v) is 12.0. The summed E-state index contributed by atoms with van der Waals surface area (Å²) in [5.41, 5.74) is -1.58. The Bertz CT molecular complexity index is 459. The summed E-state index contributed by atoms with van der Waals surface area (Å²) in [6, 6.07) is 1.90. The first-order valence-electron chi connectivity index (χ1n) is 6.35. The Morgan fingerprint density at radius 3 is 2.25 bits per heavy atom. The van der Waals surface area contributed by atoms with Crippen molar-refractivity contribution in [2.75, 3.05) is 17.2 Å². The van der Waals surface area contributed by atoms with Gasteiger partial charge in [-0.05, 0) is 39.8 Å². The maximum absolute atomic E-state index is 12.8. The van der Waals surface area contributed by atoms with Crippen molar-refractivity contribution in [3.05, 3.63) is 17.7 Å². The summed E-state index contributed by atoms with van der Waals surface area (Å²) in [7, 11) is 0. The summed E-state index contributed by atoms with van der Waals surface area (Å²) in [5, 5.41) is 15.2. The zero-order chi connectivity index (χ0) is 15.6. The van der Waals surface area contributed by atoms with Gasteiger partial charge in [0.1, 0.15) is 11.6 Å². The van der Waals surface area contributed by atoms with Crippen LogP contribution in [0.5, 0.6) is 0 Å². The van der Waals surface area contributed by atoms with Crippen molar-refractivity contribution >= 4 is 11.6 Å². The van der Waals surface area contributed by atoms with Gasteiger partial charge in [0.15, 0.2) is 0 Å². The molecular weight excluding hydrogens is 271 g/mol. The molecule has 0 bridgehead atoms. The number of hydrogen-bond donors (Lipinski definition) is 3. The van der Waals surface area contributed by atoms with Gasteiger partial charge >= 0.3 is 6.18 Å². The minimum Gasteiger partial charge on any atom is -0.391 e. The first kappa shape index (κ1) is 16.6. The minimum absolute atomic E-state index is 0.0710. The van der Waals surface area contributed by atoms with E-state index in [1.807, 2.05) is 0 Å². The topological polar surface area (TPSA) is 57.2 Å². The van der Waals surface area contributed by atoms with E-state index in [4.69, 9.17) is 0 Å². The summed E-state index contributed by atoms with van der Waals surface area (Å²) < 4.78 is 38.5. The number of aliphatic hydroxyl groups is 1. The number of alkyl halides is 3. The van der Waals surface area contributed by atoms with Gasteiger partial charge in [0.05, 0.1) is 17.2 Å². The van der Waals surface area contributed by atoms with Crippen molar-refractivity contribution in [1.82, 2.24) is 4.98 Å². The number of nitrogens with one attached hydrogen (secondary N) is 2. The van der Waals surface area contributed by atoms with E-state index in [0.29, 0.717) is 6.54 Å². The number of pyridine rings is 1. The summed E-state index contributed by atoms with van der Waals surface area (Å²) in [4.78, 5) is 4.07. The number of aliphatic hydroxyl groups excluding tert-OH is 1. The minimum atomic E-state index is -4.45. The van der Waals surface area contributed by atoms with Gasteiger partial charge in [-0.2, -0.15) is 13.2 Å². The van der Waals surface area contributed by atoms with E-state index in [1.165, 1.54) is 0 Å². The van der Waals surface area contributed by atoms with Crippen molar-refractivity contribution in [1.29, 1.82) is 0 Å². The Hall–Kier alpha value is -1.50. The van der Waals surface area contributed by atoms with Crippen LogP contribution in [0.15, 0.2) is 12.1 Å². The molecule has 0 aliphatic carbocycles. The van der Waals surface area contributed by atoms with Crippen LogP contribution in [-0.4, -0.2) is 28.3 Å². The highest BCUT2D eigenvalue weighted by molar-refractivity contribution is 5.51. The van der Waals surface area contributed by atoms with Crippen LogP contribution in [0.3, 0.4) is 0 Å². The second kappa shape index (κ2) is 5.87. The number of rotatable bonds is 5. The van der Waals surface area contributed by atoms with Crippen LogP contribution in [0.1, 0.15) is 33.3 Å². The quantitative estimate of drug-likeness (QED) is 0.780. The smallest absolute Gasteiger partial charge is 0.391 e. The van der Waals surface area contributed by atoms with E-state index in [0.717, 1.165) is 12.1 Å². The molecule has 1 unspecified atom stereocenters. The third-order valence-corrected chi connectivity index (χ3v) is 3.01. The lowest BCUT2D eigenvalue weighted by molar-refractivity contribution is -0.137. The normalized spacial score (nSPS) is 14.0. The molecule has 1 aromatic heterocycles. The molecule has 0 aromatic carbocycles. The molecule has 1 rings (SSSR count). The largest absolute Gasteiger partial charge is 0.416 e. The highest BCUT2D eigenvalue weighted by Crippen LogP contribution is 2.32. The Morgan fingerprint density at radius 1 is 1.25 bits per heavy atom. The average molecular weight is 291 g/mol. The van der Waals surface area contributed by atoms with Crippen molar-refractivity contribution in [2.45, 2.75) is 45.5 Å². The van der Waals surface area contributed by atoms with Crippen molar-refractivity contribution in [2.24, 2.45) is 0 Å². The molecule has 114 valence electrons. The molecule has 0 aliphatic rings. The third-order valence-electron chi connectivity index (χ3n) is 3.01. The number of nitrogens with zero attached hydrogens (tertiary/aromatic N) is 1. The van der Waals surface area contributed by atoms with Gasteiger partial charge in [0.25, 0.3) is 0 Å². The third kappa shape index (κ3) is 4.26. The average Bonchev–Trinajstić information content (AvgIpc) is 2.27. The lowest BCUT2D eigenvalue weighted by Crippen LogP contribution is -2.42. The van der Waals surface area contributed by atoms with Crippen LogP contribution in [0.25, 0.3) is 0 Å². The lowest BCUT2D eigenvalue weighted by Gasteiger charge is -2.30. The van der Waals surface area contributed by atoms with Crippen LogP contribution in [0, 0.1) is 0 Å². The monoisotopic (exact) mass is 291 g/mol. The molecule has 3 N–H and O–H groups in total. The fourth-order valence-electron chi connectivity index (χ4n) is 1.46. The molecule has 0 amide bonds. The first-order valence-corrected chi connectivity index (χ1v) is 6.35. The van der Waals surface area contributed by atoms with Gasteiger partial charge < -0.3 is 15.7 Å². The van der Waals surface area contributed by atoms with Gasteiger partial charge in [-0.25, -0.2) is 4.98 Å². The standard InChI is InChI=1S/C13H20F3N3O/c1-5-17-10-6-9(13(14,15)16)7-11(18-10)19-12(3,4)8(2)20/h6-8,20H,5H2,1-4H3,(H2,17,18,19). The molecular formula is C13H20F3N3O. The predicted octanol–water partition coefficient (Wildman–Crippen LogP) is 3.10. The highest BCUT2D eigenvalue weighted by Gasteiger charge is 2.32. The lowest BCUT2D eigenvalue weighted by atomic mass is 9.99. The second-order valence-electron chi connectivity index (χ2n) is 5.18. The van der Waals surface area contributed by atoms with Crippen molar-refractivity contribution in [3.63, 3.8) is 0 Å². The fraction of sp³-hybridized carbons (Fsp3) is 0.615. The number of aromatic nitrogens is 1. The molecule has 0 aliphatic heterocycles. The summed E-state index contributed by atoms with van der Waals surface area (Å²) in [5.74, 6) is 0.216. The Balaban J connectivity index is 3.16. The molecule has 0 fully saturated rings. The van der Waals surface area contributed by atoms with Crippen LogP contribution < -0.4 is 10.6 Å². The van der Waals surface area contributed by atoms with Gasteiger partial charge in [0, 0.05) is 6.54 Å². The molecule has 20 heavy (non-hydrogen) atoms. The van der Waals surface area contributed by atoms with Gasteiger partial charge in [0.2, 0.25) is 0 Å². The van der Waals surface area contributed by atoms with E-state index in [1.54, 1.807) is 27.7 Å². The summed E-state index contributed by atoms with van der Waals surface area (Å²) in [6.45, 7) is 7.17. The molecule has 1 atom stereocenters. The van der Waals surface area contributed by atoms with E-state index in [2.05, 4.69) is 15.6 Å². The number of anilines is 2. The molecule has 1 heterocycles. The summed E-state index contributed by atoms with van der Waals surface area (Å²) in [6.07, 6.45) is -5.19. The van der Waals surface area contributed by atoms with Crippen LogP contribution >= 0.6 is 0 Å². The number of halogens is 3. The Kier molecular flexibility index (Phi) is 4.86. The van der Waals surface area contributed by atoms with Crippen LogP contribution in [0.2, 0.25) is 0 Å². The maximum atomic E-state index is 12.8. The first-order chi connectivity index (χ1) is 9.06. The van der Waals surface area contributed by atoms with Crippen LogP contribution in [-0.2, 0) is 6.18 Å². The predicted molar refractivity (Wildman–Crippen MR) is 72.8 cm³/mol. The molecule has 7 heteroatoms.